The minimum atomic E-state index is -0.710. The van der Waals surface area contributed by atoms with E-state index < -0.39 is 24.3 Å². The van der Waals surface area contributed by atoms with Crippen LogP contribution in [0.2, 0.25) is 0 Å². The third-order valence-corrected chi connectivity index (χ3v) is 4.03. The fourth-order valence-corrected chi connectivity index (χ4v) is 2.78. The molecule has 2 aromatic carbocycles. The molecule has 1 N–H and O–H groups in total. The molecule has 0 aliphatic carbocycles. The molecule has 142 valence electrons. The predicted molar refractivity (Wildman–Crippen MR) is 104 cm³/mol. The predicted octanol–water partition coefficient (Wildman–Crippen LogP) is 2.53. The van der Waals surface area contributed by atoms with Crippen LogP contribution in [0.25, 0.3) is 5.76 Å². The van der Waals surface area contributed by atoms with Crippen LogP contribution in [0.3, 0.4) is 0 Å². The van der Waals surface area contributed by atoms with Crippen molar-refractivity contribution in [3.05, 3.63) is 71.8 Å². The number of carbonyl (C=O) groups is 3. The van der Waals surface area contributed by atoms with Crippen molar-refractivity contribution in [2.75, 3.05) is 18.1 Å². The lowest BCUT2D eigenvalue weighted by Crippen LogP contribution is -2.30. The quantitative estimate of drug-likeness (QED) is 0.373. The fraction of sp³-hybridized carbons (Fsp3) is 0.143. The highest BCUT2D eigenvalue weighted by Gasteiger charge is 2.43. The van der Waals surface area contributed by atoms with Gasteiger partial charge in [0.15, 0.2) is 0 Å². The first-order valence-corrected chi connectivity index (χ1v) is 8.67. The maximum absolute atomic E-state index is 13.0. The summed E-state index contributed by atoms with van der Waals surface area (Å²) in [7, 11) is 0. The van der Waals surface area contributed by atoms with Crippen LogP contribution in [-0.2, 0) is 19.1 Å². The number of nitrogens with zero attached hydrogens (tertiary/aromatic N) is 2. The summed E-state index contributed by atoms with van der Waals surface area (Å²) in [5.41, 5.74) is 0.183. The van der Waals surface area contributed by atoms with Crippen LogP contribution in [0.4, 0.5) is 5.69 Å². The van der Waals surface area contributed by atoms with Gasteiger partial charge in [0.1, 0.15) is 23.6 Å². The van der Waals surface area contributed by atoms with Gasteiger partial charge in [0.25, 0.3) is 11.8 Å². The number of benzene rings is 2. The molecule has 0 bridgehead atoms. The van der Waals surface area contributed by atoms with E-state index in [-0.39, 0.29) is 23.7 Å². The van der Waals surface area contributed by atoms with Crippen molar-refractivity contribution < 1.29 is 24.2 Å². The van der Waals surface area contributed by atoms with E-state index in [4.69, 9.17) is 4.74 Å². The number of hydrogen-bond donors (Lipinski definition) is 1. The number of aliphatic hydroxyl groups excluding tert-OH is 1. The van der Waals surface area contributed by atoms with Crippen LogP contribution in [0.15, 0.2) is 71.2 Å². The maximum atomic E-state index is 13.0. The summed E-state index contributed by atoms with van der Waals surface area (Å²) in [5, 5.41) is 10.7. The zero-order chi connectivity index (χ0) is 20.1. The van der Waals surface area contributed by atoms with Crippen molar-refractivity contribution in [1.82, 2.24) is 0 Å². The van der Waals surface area contributed by atoms with Crippen LogP contribution >= 0.6 is 0 Å². The van der Waals surface area contributed by atoms with Crippen molar-refractivity contribution in [3.8, 4) is 0 Å². The smallest absolute Gasteiger partial charge is 0.327 e. The number of para-hydroxylation sites is 1. The molecule has 1 aliphatic rings. The molecule has 0 saturated carbocycles. The maximum Gasteiger partial charge on any atom is 0.327 e. The van der Waals surface area contributed by atoms with Crippen LogP contribution in [0.1, 0.15) is 12.5 Å². The molecule has 0 radical (unpaired) electrons. The summed E-state index contributed by atoms with van der Waals surface area (Å²) in [6.07, 6.45) is 0. The number of ether oxygens (including phenoxy) is 1. The highest BCUT2D eigenvalue weighted by Crippen LogP contribution is 2.29. The molecule has 2 amide bonds. The topological polar surface area (TPSA) is 96.3 Å². The Morgan fingerprint density at radius 2 is 1.61 bits per heavy atom. The molecule has 0 unspecified atom stereocenters. The molecule has 2 aromatic rings. The van der Waals surface area contributed by atoms with Gasteiger partial charge >= 0.3 is 5.97 Å². The number of amides is 2. The normalized spacial score (nSPS) is 17.2. The molecule has 3 rings (SSSR count). The number of rotatable bonds is 5. The summed E-state index contributed by atoms with van der Waals surface area (Å²) >= 11 is 0. The van der Waals surface area contributed by atoms with E-state index in [1.165, 1.54) is 0 Å². The van der Waals surface area contributed by atoms with E-state index in [1.54, 1.807) is 67.6 Å². The average Bonchev–Trinajstić information content (AvgIpc) is 2.97. The first kappa shape index (κ1) is 19.0. The van der Waals surface area contributed by atoms with E-state index in [0.717, 1.165) is 4.90 Å². The van der Waals surface area contributed by atoms with Gasteiger partial charge in [-0.2, -0.15) is 0 Å². The summed E-state index contributed by atoms with van der Waals surface area (Å²) in [4.78, 5) is 42.5. The highest BCUT2D eigenvalue weighted by atomic mass is 16.5. The fourth-order valence-electron chi connectivity index (χ4n) is 2.78. The van der Waals surface area contributed by atoms with Gasteiger partial charge in [-0.25, -0.2) is 4.90 Å². The van der Waals surface area contributed by atoms with Crippen molar-refractivity contribution in [2.24, 2.45) is 4.99 Å². The molecule has 1 aliphatic heterocycles. The Morgan fingerprint density at radius 1 is 1.00 bits per heavy atom. The van der Waals surface area contributed by atoms with Gasteiger partial charge in [-0.15, -0.1) is 0 Å². The van der Waals surface area contributed by atoms with Gasteiger partial charge in [0, 0.05) is 5.56 Å². The number of aliphatic imine (C=N–C) groups is 1. The molecule has 0 atom stereocenters. The second-order valence-electron chi connectivity index (χ2n) is 5.84. The Bertz CT molecular complexity index is 965. The number of hydrogen-bond acceptors (Lipinski definition) is 6. The number of aliphatic hydroxyl groups is 1. The van der Waals surface area contributed by atoms with Gasteiger partial charge in [-0.05, 0) is 19.1 Å². The summed E-state index contributed by atoms with van der Waals surface area (Å²) in [6.45, 7) is 1.39. The zero-order valence-corrected chi connectivity index (χ0v) is 15.2. The molecular formula is C21H18N2O5. The lowest BCUT2D eigenvalue weighted by Gasteiger charge is -2.12. The van der Waals surface area contributed by atoms with Gasteiger partial charge in [-0.3, -0.25) is 19.4 Å². The van der Waals surface area contributed by atoms with Gasteiger partial charge in [0.2, 0.25) is 0 Å². The number of esters is 1. The Morgan fingerprint density at radius 3 is 2.21 bits per heavy atom. The molecule has 1 saturated heterocycles. The van der Waals surface area contributed by atoms with Crippen molar-refractivity contribution in [3.63, 3.8) is 0 Å². The third-order valence-electron chi connectivity index (χ3n) is 4.03. The molecule has 0 aromatic heterocycles. The largest absolute Gasteiger partial charge is 0.506 e. The first-order valence-electron chi connectivity index (χ1n) is 8.67. The van der Waals surface area contributed by atoms with Crippen LogP contribution in [-0.4, -0.2) is 41.8 Å². The van der Waals surface area contributed by atoms with Gasteiger partial charge in [0.05, 0.1) is 12.3 Å². The standard InChI is InChI=1S/C21H18N2O5/c1-2-28-16(24)13-22-18-17(19(25)14-9-5-3-6-10-14)20(26)23(21(18)27)15-11-7-4-8-12-15/h3-12,25H,2,13H2,1H3/b19-17+,22-18?. The third kappa shape index (κ3) is 3.68. The van der Waals surface area contributed by atoms with Gasteiger partial charge in [-0.1, -0.05) is 48.5 Å². The van der Waals surface area contributed by atoms with E-state index in [0.29, 0.717) is 11.3 Å². The number of carbonyl (C=O) groups excluding carboxylic acids is 3. The minimum absolute atomic E-state index is 0.171. The lowest BCUT2D eigenvalue weighted by molar-refractivity contribution is -0.141. The second kappa shape index (κ2) is 8.30. The van der Waals surface area contributed by atoms with E-state index in [1.807, 2.05) is 0 Å². The van der Waals surface area contributed by atoms with Crippen LogP contribution < -0.4 is 4.90 Å². The molecule has 1 fully saturated rings. The highest BCUT2D eigenvalue weighted by molar-refractivity contribution is 6.66. The molecule has 1 heterocycles. The van der Waals surface area contributed by atoms with E-state index >= 15 is 0 Å². The lowest BCUT2D eigenvalue weighted by atomic mass is 10.1. The Kier molecular flexibility index (Phi) is 5.64. The Balaban J connectivity index is 2.10. The number of anilines is 1. The SMILES string of the molecule is CCOC(=O)CN=C1C(=O)N(c2ccccc2)C(=O)/C1=C(/O)c1ccccc1. The van der Waals surface area contributed by atoms with Crippen LogP contribution in [0.5, 0.6) is 0 Å². The first-order chi connectivity index (χ1) is 13.5. The molecule has 7 nitrogen and oxygen atoms in total. The van der Waals surface area contributed by atoms with E-state index in [2.05, 4.69) is 4.99 Å². The monoisotopic (exact) mass is 378 g/mol. The Labute approximate surface area is 161 Å². The average molecular weight is 378 g/mol. The number of imide groups is 1. The van der Waals surface area contributed by atoms with Crippen molar-refractivity contribution in [2.45, 2.75) is 6.92 Å². The molecular weight excluding hydrogens is 360 g/mol. The summed E-state index contributed by atoms with van der Waals surface area (Å²) in [5.74, 6) is -2.43. The minimum Gasteiger partial charge on any atom is -0.506 e. The van der Waals surface area contributed by atoms with E-state index in [9.17, 15) is 19.5 Å². The summed E-state index contributed by atoms with van der Waals surface area (Å²) < 4.78 is 4.82. The summed E-state index contributed by atoms with van der Waals surface area (Å²) in [6, 6.07) is 16.7. The van der Waals surface area contributed by atoms with Crippen LogP contribution in [0, 0.1) is 0 Å². The van der Waals surface area contributed by atoms with Crippen molar-refractivity contribution >= 4 is 34.9 Å². The van der Waals surface area contributed by atoms with Crippen molar-refractivity contribution in [1.29, 1.82) is 0 Å². The van der Waals surface area contributed by atoms with Gasteiger partial charge < -0.3 is 9.84 Å². The Hall–Kier alpha value is -3.74. The molecule has 0 spiro atoms. The second-order valence-corrected chi connectivity index (χ2v) is 5.84. The molecule has 28 heavy (non-hydrogen) atoms. The zero-order valence-electron chi connectivity index (χ0n) is 15.2. The molecule has 7 heteroatoms.